The van der Waals surface area contributed by atoms with Gasteiger partial charge < -0.3 is 11.1 Å². The monoisotopic (exact) mass is 370 g/mol. The van der Waals surface area contributed by atoms with Crippen LogP contribution in [0.5, 0.6) is 0 Å². The van der Waals surface area contributed by atoms with Gasteiger partial charge >= 0.3 is 0 Å². The summed E-state index contributed by atoms with van der Waals surface area (Å²) >= 11 is 0. The van der Waals surface area contributed by atoms with Gasteiger partial charge in [0.05, 0.1) is 11.1 Å². The second-order valence-corrected chi connectivity index (χ2v) is 7.37. The third-order valence-electron chi connectivity index (χ3n) is 5.68. The summed E-state index contributed by atoms with van der Waals surface area (Å²) in [7, 11) is 0. The van der Waals surface area contributed by atoms with Crippen molar-refractivity contribution in [1.82, 2.24) is 15.5 Å². The van der Waals surface area contributed by atoms with E-state index in [1.165, 1.54) is 0 Å². The maximum Gasteiger partial charge on any atom is 0.262 e. The average molecular weight is 370 g/mol. The van der Waals surface area contributed by atoms with Crippen molar-refractivity contribution >= 4 is 23.6 Å². The molecule has 142 valence electrons. The van der Waals surface area contributed by atoms with Crippen LogP contribution in [-0.4, -0.2) is 46.7 Å². The van der Waals surface area contributed by atoms with Gasteiger partial charge in [-0.05, 0) is 30.9 Å². The van der Waals surface area contributed by atoms with Crippen molar-refractivity contribution in [3.05, 3.63) is 34.9 Å². The Hall–Kier alpha value is -2.58. The van der Waals surface area contributed by atoms with Crippen molar-refractivity contribution in [2.75, 3.05) is 0 Å². The van der Waals surface area contributed by atoms with Crippen molar-refractivity contribution in [3.63, 3.8) is 0 Å². The number of hydrogen-bond acceptors (Lipinski definition) is 6. The Morgan fingerprint density at radius 1 is 1.11 bits per heavy atom. The Labute approximate surface area is 156 Å². The number of nitrogens with zero attached hydrogens (tertiary/aromatic N) is 1. The van der Waals surface area contributed by atoms with Crippen LogP contribution in [0.2, 0.25) is 0 Å². The predicted octanol–water partition coefficient (Wildman–Crippen LogP) is 0.0572. The summed E-state index contributed by atoms with van der Waals surface area (Å²) in [6.07, 6.45) is 3.31. The standard InChI is InChI=1S/C19H22N4O4/c20-12-5-2-6-13(12)21-9-10-3-1-4-11-16(10)19(27)23(18(11)26)14-7-8-15(24)22-17(14)25/h1,3-4,12-14,21H,2,5-9,20H2,(H,22,24,25)/t12-,13+,14?/m0/s1. The van der Waals surface area contributed by atoms with Gasteiger partial charge in [0.15, 0.2) is 0 Å². The van der Waals surface area contributed by atoms with E-state index in [0.29, 0.717) is 17.7 Å². The van der Waals surface area contributed by atoms with Gasteiger partial charge in [0.2, 0.25) is 11.8 Å². The minimum absolute atomic E-state index is 0.0964. The number of nitrogens with two attached hydrogens (primary N) is 1. The molecule has 4 rings (SSSR count). The summed E-state index contributed by atoms with van der Waals surface area (Å²) in [5.74, 6) is -1.94. The van der Waals surface area contributed by atoms with Gasteiger partial charge in [-0.2, -0.15) is 0 Å². The van der Waals surface area contributed by atoms with E-state index < -0.39 is 23.8 Å². The molecule has 4 amide bonds. The molecule has 8 heteroatoms. The molecule has 1 aromatic carbocycles. The second-order valence-electron chi connectivity index (χ2n) is 7.37. The lowest BCUT2D eigenvalue weighted by Crippen LogP contribution is -2.54. The molecular formula is C19H22N4O4. The second kappa shape index (κ2) is 6.86. The molecule has 0 radical (unpaired) electrons. The number of piperidine rings is 1. The van der Waals surface area contributed by atoms with E-state index in [1.807, 2.05) is 6.07 Å². The number of carbonyl (C=O) groups is 4. The normalized spacial score (nSPS) is 27.9. The highest BCUT2D eigenvalue weighted by Crippen LogP contribution is 2.30. The number of nitrogens with one attached hydrogen (secondary N) is 2. The summed E-state index contributed by atoms with van der Waals surface area (Å²) in [5.41, 5.74) is 7.45. The van der Waals surface area contributed by atoms with Crippen LogP contribution < -0.4 is 16.4 Å². The zero-order valence-corrected chi connectivity index (χ0v) is 14.9. The first-order chi connectivity index (χ1) is 13.0. The molecule has 1 saturated carbocycles. The fourth-order valence-corrected chi connectivity index (χ4v) is 4.22. The smallest absolute Gasteiger partial charge is 0.262 e. The quantitative estimate of drug-likeness (QED) is 0.644. The molecule has 0 spiro atoms. The Bertz CT molecular complexity index is 837. The molecule has 2 fully saturated rings. The number of rotatable bonds is 4. The van der Waals surface area contributed by atoms with E-state index in [9.17, 15) is 19.2 Å². The Balaban J connectivity index is 1.58. The van der Waals surface area contributed by atoms with Crippen LogP contribution in [0.3, 0.4) is 0 Å². The van der Waals surface area contributed by atoms with E-state index in [-0.39, 0.29) is 30.8 Å². The highest BCUT2D eigenvalue weighted by atomic mass is 16.2. The summed E-state index contributed by atoms with van der Waals surface area (Å²) in [4.78, 5) is 50.3. The van der Waals surface area contributed by atoms with Gasteiger partial charge in [-0.15, -0.1) is 0 Å². The Morgan fingerprint density at radius 2 is 1.93 bits per heavy atom. The minimum Gasteiger partial charge on any atom is -0.326 e. The van der Waals surface area contributed by atoms with Gasteiger partial charge in [0, 0.05) is 25.0 Å². The molecule has 8 nitrogen and oxygen atoms in total. The molecule has 1 unspecified atom stereocenters. The average Bonchev–Trinajstić information content (AvgIpc) is 3.16. The molecule has 4 N–H and O–H groups in total. The Kier molecular flexibility index (Phi) is 4.53. The predicted molar refractivity (Wildman–Crippen MR) is 95.6 cm³/mol. The van der Waals surface area contributed by atoms with Crippen LogP contribution in [0.4, 0.5) is 0 Å². The van der Waals surface area contributed by atoms with Crippen molar-refractivity contribution < 1.29 is 19.2 Å². The highest BCUT2D eigenvalue weighted by Gasteiger charge is 2.45. The number of benzene rings is 1. The minimum atomic E-state index is -0.945. The van der Waals surface area contributed by atoms with Crippen molar-refractivity contribution in [3.8, 4) is 0 Å². The van der Waals surface area contributed by atoms with Gasteiger partial charge in [0.1, 0.15) is 6.04 Å². The van der Waals surface area contributed by atoms with Crippen LogP contribution in [0.15, 0.2) is 18.2 Å². The SMILES string of the molecule is N[C@H]1CCC[C@H]1NCc1cccc2c1C(=O)N(C1CCC(=O)NC1=O)C2=O. The molecule has 1 aliphatic carbocycles. The van der Waals surface area contributed by atoms with E-state index >= 15 is 0 Å². The van der Waals surface area contributed by atoms with Gasteiger partial charge in [-0.1, -0.05) is 18.6 Å². The van der Waals surface area contributed by atoms with Crippen LogP contribution in [0.1, 0.15) is 58.4 Å². The van der Waals surface area contributed by atoms with Gasteiger partial charge in [0.25, 0.3) is 11.8 Å². The first-order valence-corrected chi connectivity index (χ1v) is 9.30. The van der Waals surface area contributed by atoms with Crippen LogP contribution in [0, 0.1) is 0 Å². The fourth-order valence-electron chi connectivity index (χ4n) is 4.22. The van der Waals surface area contributed by atoms with Crippen LogP contribution in [0.25, 0.3) is 0 Å². The van der Waals surface area contributed by atoms with Crippen LogP contribution in [-0.2, 0) is 16.1 Å². The molecule has 0 aromatic heterocycles. The fraction of sp³-hybridized carbons (Fsp3) is 0.474. The maximum atomic E-state index is 13.0. The summed E-state index contributed by atoms with van der Waals surface area (Å²) < 4.78 is 0. The van der Waals surface area contributed by atoms with E-state index in [4.69, 9.17) is 5.73 Å². The number of imide groups is 2. The summed E-state index contributed by atoms with van der Waals surface area (Å²) in [6, 6.07) is 4.50. The van der Waals surface area contributed by atoms with E-state index in [1.54, 1.807) is 12.1 Å². The van der Waals surface area contributed by atoms with E-state index in [0.717, 1.165) is 29.7 Å². The lowest BCUT2D eigenvalue weighted by molar-refractivity contribution is -0.136. The molecule has 1 saturated heterocycles. The molecule has 2 aliphatic heterocycles. The first-order valence-electron chi connectivity index (χ1n) is 9.30. The van der Waals surface area contributed by atoms with Gasteiger partial charge in [-0.25, -0.2) is 0 Å². The molecule has 27 heavy (non-hydrogen) atoms. The van der Waals surface area contributed by atoms with Crippen molar-refractivity contribution in [1.29, 1.82) is 0 Å². The summed E-state index contributed by atoms with van der Waals surface area (Å²) in [5, 5.41) is 5.60. The number of fused-ring (bicyclic) bond motifs is 1. The van der Waals surface area contributed by atoms with E-state index in [2.05, 4.69) is 10.6 Å². The molecule has 3 atom stereocenters. The molecule has 3 aliphatic rings. The van der Waals surface area contributed by atoms with Crippen molar-refractivity contribution in [2.45, 2.75) is 56.8 Å². The molecule has 2 heterocycles. The van der Waals surface area contributed by atoms with Gasteiger partial charge in [-0.3, -0.25) is 29.4 Å². The lowest BCUT2D eigenvalue weighted by Gasteiger charge is -2.27. The zero-order chi connectivity index (χ0) is 19.1. The summed E-state index contributed by atoms with van der Waals surface area (Å²) in [6.45, 7) is 0.434. The number of amides is 4. The third-order valence-corrected chi connectivity index (χ3v) is 5.68. The van der Waals surface area contributed by atoms with Crippen molar-refractivity contribution in [2.24, 2.45) is 5.73 Å². The molecule has 0 bridgehead atoms. The maximum absolute atomic E-state index is 13.0. The number of hydrogen-bond donors (Lipinski definition) is 3. The third kappa shape index (κ3) is 3.04. The number of carbonyl (C=O) groups excluding carboxylic acids is 4. The Morgan fingerprint density at radius 3 is 2.63 bits per heavy atom. The van der Waals surface area contributed by atoms with Crippen LogP contribution >= 0.6 is 0 Å². The molecular weight excluding hydrogens is 348 g/mol. The molecule has 1 aromatic rings. The highest BCUT2D eigenvalue weighted by molar-refractivity contribution is 6.24. The zero-order valence-electron chi connectivity index (χ0n) is 14.9. The topological polar surface area (TPSA) is 122 Å². The first kappa shape index (κ1) is 17.8. The largest absolute Gasteiger partial charge is 0.326 e. The lowest BCUT2D eigenvalue weighted by atomic mass is 10.0.